The van der Waals surface area contributed by atoms with Crippen molar-refractivity contribution in [1.29, 1.82) is 0 Å². The second-order valence-electron chi connectivity index (χ2n) is 6.07. The molecule has 3 N–H and O–H groups in total. The van der Waals surface area contributed by atoms with E-state index in [0.29, 0.717) is 22.3 Å². The van der Waals surface area contributed by atoms with Crippen LogP contribution in [0.5, 0.6) is 0 Å². The predicted molar refractivity (Wildman–Crippen MR) is 86.8 cm³/mol. The third-order valence-electron chi connectivity index (χ3n) is 4.61. The molecule has 2 heterocycles. The Morgan fingerprint density at radius 1 is 1.27 bits per heavy atom. The highest BCUT2D eigenvalue weighted by Crippen LogP contribution is 2.23. The quantitative estimate of drug-likeness (QED) is 0.886. The Kier molecular flexibility index (Phi) is 3.98. The molecule has 5 heteroatoms. The van der Waals surface area contributed by atoms with Crippen molar-refractivity contribution < 1.29 is 4.79 Å². The van der Waals surface area contributed by atoms with Gasteiger partial charge >= 0.3 is 0 Å². The molecule has 1 aromatic carbocycles. The van der Waals surface area contributed by atoms with Gasteiger partial charge in [-0.05, 0) is 31.7 Å². The van der Waals surface area contributed by atoms with E-state index in [1.54, 1.807) is 12.1 Å². The van der Waals surface area contributed by atoms with E-state index in [-0.39, 0.29) is 17.5 Å². The van der Waals surface area contributed by atoms with Gasteiger partial charge in [-0.3, -0.25) is 9.59 Å². The monoisotopic (exact) mass is 299 g/mol. The van der Waals surface area contributed by atoms with Crippen LogP contribution in [0.1, 0.15) is 30.1 Å². The molecule has 0 radical (unpaired) electrons. The first-order valence-electron chi connectivity index (χ1n) is 7.73. The van der Waals surface area contributed by atoms with Crippen LogP contribution in [-0.2, 0) is 0 Å². The number of carbonyl (C=O) groups excluding carboxylic acids is 1. The number of hydrogen-bond acceptors (Lipinski definition) is 3. The van der Waals surface area contributed by atoms with Gasteiger partial charge in [0.05, 0.1) is 5.56 Å². The lowest BCUT2D eigenvalue weighted by Gasteiger charge is -2.33. The highest BCUT2D eigenvalue weighted by atomic mass is 16.2. The minimum Gasteiger partial charge on any atom is -0.339 e. The van der Waals surface area contributed by atoms with Gasteiger partial charge in [-0.25, -0.2) is 0 Å². The van der Waals surface area contributed by atoms with Crippen molar-refractivity contribution in [3.05, 3.63) is 46.4 Å². The standard InChI is InChI=1S/C17H21N3O2/c1-11(18)12-6-8-20(9-7-12)17(22)15-10-19-16(21)14-5-3-2-4-13(14)15/h2-5,10-12H,6-9,18H2,1H3,(H,19,21). The molecule has 5 nitrogen and oxygen atoms in total. The second kappa shape index (κ2) is 5.93. The normalized spacial score (nSPS) is 17.6. The van der Waals surface area contributed by atoms with Gasteiger partial charge in [-0.1, -0.05) is 18.2 Å². The van der Waals surface area contributed by atoms with Crippen molar-refractivity contribution in [2.24, 2.45) is 11.7 Å². The Bertz CT molecular complexity index is 743. The van der Waals surface area contributed by atoms with E-state index in [0.717, 1.165) is 25.9 Å². The molecule has 1 fully saturated rings. The zero-order chi connectivity index (χ0) is 15.7. The maximum absolute atomic E-state index is 12.8. The van der Waals surface area contributed by atoms with Crippen molar-refractivity contribution >= 4 is 16.7 Å². The molecule has 0 aliphatic carbocycles. The van der Waals surface area contributed by atoms with Crippen LogP contribution in [0, 0.1) is 5.92 Å². The van der Waals surface area contributed by atoms with Gasteiger partial charge in [-0.15, -0.1) is 0 Å². The first-order chi connectivity index (χ1) is 10.6. The van der Waals surface area contributed by atoms with E-state index in [9.17, 15) is 9.59 Å². The topological polar surface area (TPSA) is 79.2 Å². The molecule has 0 saturated carbocycles. The lowest BCUT2D eigenvalue weighted by molar-refractivity contribution is 0.0682. The molecule has 1 amide bonds. The number of likely N-dealkylation sites (tertiary alicyclic amines) is 1. The van der Waals surface area contributed by atoms with Crippen LogP contribution in [0.15, 0.2) is 35.3 Å². The molecule has 1 aliphatic heterocycles. The summed E-state index contributed by atoms with van der Waals surface area (Å²) >= 11 is 0. The predicted octanol–water partition coefficient (Wildman–Crippen LogP) is 1.73. The molecule has 2 aromatic rings. The average Bonchev–Trinajstić information content (AvgIpc) is 2.55. The number of nitrogens with one attached hydrogen (secondary N) is 1. The number of rotatable bonds is 2. The summed E-state index contributed by atoms with van der Waals surface area (Å²) in [5.41, 5.74) is 6.35. The van der Waals surface area contributed by atoms with E-state index in [1.807, 2.05) is 24.0 Å². The molecule has 0 bridgehead atoms. The van der Waals surface area contributed by atoms with Crippen LogP contribution in [0.25, 0.3) is 10.8 Å². The number of H-pyrrole nitrogens is 1. The van der Waals surface area contributed by atoms with Crippen molar-refractivity contribution in [1.82, 2.24) is 9.88 Å². The van der Waals surface area contributed by atoms with Gasteiger partial charge in [0.15, 0.2) is 0 Å². The molecule has 1 unspecified atom stereocenters. The minimum absolute atomic E-state index is 0.0180. The van der Waals surface area contributed by atoms with Crippen LogP contribution < -0.4 is 11.3 Å². The summed E-state index contributed by atoms with van der Waals surface area (Å²) in [4.78, 5) is 29.2. The number of aromatic nitrogens is 1. The van der Waals surface area contributed by atoms with Crippen LogP contribution in [0.3, 0.4) is 0 Å². The summed E-state index contributed by atoms with van der Waals surface area (Å²) in [5, 5.41) is 1.27. The largest absolute Gasteiger partial charge is 0.339 e. The molecule has 1 atom stereocenters. The summed E-state index contributed by atoms with van der Waals surface area (Å²) in [7, 11) is 0. The second-order valence-corrected chi connectivity index (χ2v) is 6.07. The molecule has 3 rings (SSSR count). The molecule has 1 aliphatic rings. The van der Waals surface area contributed by atoms with Gasteiger partial charge in [-0.2, -0.15) is 0 Å². The van der Waals surface area contributed by atoms with Crippen molar-refractivity contribution in [2.75, 3.05) is 13.1 Å². The van der Waals surface area contributed by atoms with Crippen LogP contribution >= 0.6 is 0 Å². The minimum atomic E-state index is -0.164. The SMILES string of the molecule is CC(N)C1CCN(C(=O)c2c[nH]c(=O)c3ccccc23)CC1. The maximum atomic E-state index is 12.8. The first kappa shape index (κ1) is 14.8. The summed E-state index contributed by atoms with van der Waals surface area (Å²) in [5.74, 6) is 0.465. The van der Waals surface area contributed by atoms with Crippen molar-refractivity contribution in [2.45, 2.75) is 25.8 Å². The number of benzene rings is 1. The Labute approximate surface area is 129 Å². The fourth-order valence-electron chi connectivity index (χ4n) is 3.18. The number of nitrogens with zero attached hydrogens (tertiary/aromatic N) is 1. The maximum Gasteiger partial charge on any atom is 0.255 e. The summed E-state index contributed by atoms with van der Waals surface area (Å²) in [6.07, 6.45) is 3.40. The fourth-order valence-corrected chi connectivity index (χ4v) is 3.18. The molecule has 22 heavy (non-hydrogen) atoms. The Morgan fingerprint density at radius 3 is 2.55 bits per heavy atom. The molecular formula is C17H21N3O2. The van der Waals surface area contributed by atoms with Crippen molar-refractivity contribution in [3.63, 3.8) is 0 Å². The van der Waals surface area contributed by atoms with E-state index >= 15 is 0 Å². The lowest BCUT2D eigenvalue weighted by atomic mass is 9.90. The molecule has 116 valence electrons. The van der Waals surface area contributed by atoms with Gasteiger partial charge in [0.25, 0.3) is 11.5 Å². The average molecular weight is 299 g/mol. The van der Waals surface area contributed by atoms with Gasteiger partial charge in [0, 0.05) is 36.1 Å². The number of nitrogens with two attached hydrogens (primary N) is 1. The summed E-state index contributed by atoms with van der Waals surface area (Å²) < 4.78 is 0. The van der Waals surface area contributed by atoms with Crippen molar-refractivity contribution in [3.8, 4) is 0 Å². The lowest BCUT2D eigenvalue weighted by Crippen LogP contribution is -2.42. The number of hydrogen-bond donors (Lipinski definition) is 2. The Balaban J connectivity index is 1.88. The summed E-state index contributed by atoms with van der Waals surface area (Å²) in [6.45, 7) is 3.47. The third kappa shape index (κ3) is 2.64. The first-order valence-corrected chi connectivity index (χ1v) is 7.73. The van der Waals surface area contributed by atoms with E-state index in [4.69, 9.17) is 5.73 Å². The van der Waals surface area contributed by atoms with Gasteiger partial charge in [0.2, 0.25) is 0 Å². The van der Waals surface area contributed by atoms with E-state index in [1.165, 1.54) is 6.20 Å². The Hall–Kier alpha value is -2.14. The van der Waals surface area contributed by atoms with E-state index < -0.39 is 0 Å². The highest BCUT2D eigenvalue weighted by Gasteiger charge is 2.26. The molecule has 0 spiro atoms. The summed E-state index contributed by atoms with van der Waals surface area (Å²) in [6, 6.07) is 7.40. The number of amides is 1. The molecular weight excluding hydrogens is 278 g/mol. The highest BCUT2D eigenvalue weighted by molar-refractivity contribution is 6.06. The van der Waals surface area contributed by atoms with Crippen LogP contribution in [-0.4, -0.2) is 34.9 Å². The van der Waals surface area contributed by atoms with E-state index in [2.05, 4.69) is 4.98 Å². The molecule has 1 saturated heterocycles. The fraction of sp³-hybridized carbons (Fsp3) is 0.412. The number of carbonyl (C=O) groups is 1. The van der Waals surface area contributed by atoms with Crippen LogP contribution in [0.4, 0.5) is 0 Å². The Morgan fingerprint density at radius 2 is 1.91 bits per heavy atom. The number of piperidine rings is 1. The zero-order valence-electron chi connectivity index (χ0n) is 12.7. The smallest absolute Gasteiger partial charge is 0.255 e. The van der Waals surface area contributed by atoms with Gasteiger partial charge < -0.3 is 15.6 Å². The molecule has 1 aromatic heterocycles. The number of fused-ring (bicyclic) bond motifs is 1. The van der Waals surface area contributed by atoms with Crippen LogP contribution in [0.2, 0.25) is 0 Å². The zero-order valence-corrected chi connectivity index (χ0v) is 12.7. The number of aromatic amines is 1. The number of pyridine rings is 1. The van der Waals surface area contributed by atoms with Gasteiger partial charge in [0.1, 0.15) is 0 Å². The third-order valence-corrected chi connectivity index (χ3v) is 4.61.